The first-order valence-corrected chi connectivity index (χ1v) is 10.5. The number of unbranched alkanes of at least 4 members (excludes halogenated alkanes) is 5. The summed E-state index contributed by atoms with van der Waals surface area (Å²) in [6.45, 7) is 1.53. The van der Waals surface area contributed by atoms with Gasteiger partial charge in [-0.3, -0.25) is 4.79 Å². The molecule has 0 N–H and O–H groups in total. The third-order valence-electron chi connectivity index (χ3n) is 4.19. The molecule has 142 valence electrons. The molecule has 0 saturated carbocycles. The number of ether oxygens (including phenoxy) is 3. The van der Waals surface area contributed by atoms with Gasteiger partial charge in [0, 0.05) is 18.0 Å². The van der Waals surface area contributed by atoms with Crippen molar-refractivity contribution in [1.29, 1.82) is 0 Å². The van der Waals surface area contributed by atoms with Crippen molar-refractivity contribution >= 4 is 15.9 Å². The predicted octanol–water partition coefficient (Wildman–Crippen LogP) is 4.80. The van der Waals surface area contributed by atoms with Gasteiger partial charge in [0.15, 0.2) is 6.29 Å². The standard InChI is InChI=1S/C19H29BrO5/c20-10-6-3-1-2-4-7-11-22-18-15-24-16(13-17(18)21)14-25-19-9-5-8-12-23-19/h13,15,19H,1-12,14H2. The quantitative estimate of drug-likeness (QED) is 0.361. The minimum Gasteiger partial charge on any atom is -0.487 e. The second-order valence-corrected chi connectivity index (χ2v) is 7.13. The molecular weight excluding hydrogens is 388 g/mol. The summed E-state index contributed by atoms with van der Waals surface area (Å²) in [5.41, 5.74) is -0.160. The molecule has 0 amide bonds. The SMILES string of the molecule is O=c1cc(COC2CCCCO2)occ1OCCCCCCCCBr. The molecule has 1 atom stereocenters. The Balaban J connectivity index is 1.62. The fourth-order valence-corrected chi connectivity index (χ4v) is 3.12. The Hall–Kier alpha value is -0.850. The van der Waals surface area contributed by atoms with Crippen LogP contribution in [0.1, 0.15) is 63.5 Å². The van der Waals surface area contributed by atoms with Gasteiger partial charge in [0.2, 0.25) is 11.2 Å². The van der Waals surface area contributed by atoms with Crippen LogP contribution in [0.5, 0.6) is 5.75 Å². The van der Waals surface area contributed by atoms with Crippen molar-refractivity contribution in [2.24, 2.45) is 0 Å². The van der Waals surface area contributed by atoms with Crippen molar-refractivity contribution in [2.75, 3.05) is 18.5 Å². The maximum Gasteiger partial charge on any atom is 0.227 e. The summed E-state index contributed by atoms with van der Waals surface area (Å²) in [4.78, 5) is 12.1. The van der Waals surface area contributed by atoms with E-state index in [4.69, 9.17) is 18.6 Å². The maximum atomic E-state index is 12.1. The van der Waals surface area contributed by atoms with Crippen molar-refractivity contribution in [2.45, 2.75) is 70.7 Å². The second-order valence-electron chi connectivity index (χ2n) is 6.34. The molecule has 0 aromatic carbocycles. The van der Waals surface area contributed by atoms with Gasteiger partial charge >= 0.3 is 0 Å². The smallest absolute Gasteiger partial charge is 0.227 e. The highest BCUT2D eigenvalue weighted by atomic mass is 79.9. The average Bonchev–Trinajstić information content (AvgIpc) is 2.64. The van der Waals surface area contributed by atoms with Gasteiger partial charge in [0.25, 0.3) is 0 Å². The van der Waals surface area contributed by atoms with Crippen LogP contribution in [0.3, 0.4) is 0 Å². The molecule has 1 aromatic rings. The van der Waals surface area contributed by atoms with Gasteiger partial charge in [0.1, 0.15) is 18.6 Å². The van der Waals surface area contributed by atoms with Crippen molar-refractivity contribution in [3.8, 4) is 5.75 Å². The van der Waals surface area contributed by atoms with E-state index in [0.717, 1.165) is 44.0 Å². The third kappa shape index (κ3) is 8.38. The number of rotatable bonds is 12. The van der Waals surface area contributed by atoms with E-state index < -0.39 is 0 Å². The van der Waals surface area contributed by atoms with E-state index in [9.17, 15) is 4.79 Å². The zero-order chi connectivity index (χ0) is 17.7. The van der Waals surface area contributed by atoms with Crippen LogP contribution in [-0.2, 0) is 16.1 Å². The van der Waals surface area contributed by atoms with Crippen molar-refractivity contribution in [3.05, 3.63) is 28.3 Å². The van der Waals surface area contributed by atoms with E-state index in [2.05, 4.69) is 15.9 Å². The molecule has 2 heterocycles. The lowest BCUT2D eigenvalue weighted by molar-refractivity contribution is -0.171. The topological polar surface area (TPSA) is 57.9 Å². The highest BCUT2D eigenvalue weighted by Gasteiger charge is 2.15. The maximum absolute atomic E-state index is 12.1. The van der Waals surface area contributed by atoms with Crippen molar-refractivity contribution in [3.63, 3.8) is 0 Å². The first-order chi connectivity index (χ1) is 12.3. The minimum atomic E-state index is -0.190. The first-order valence-electron chi connectivity index (χ1n) is 9.33. The summed E-state index contributed by atoms with van der Waals surface area (Å²) in [6, 6.07) is 1.44. The summed E-state index contributed by atoms with van der Waals surface area (Å²) in [7, 11) is 0. The zero-order valence-electron chi connectivity index (χ0n) is 14.8. The van der Waals surface area contributed by atoms with E-state index in [1.54, 1.807) is 0 Å². The molecule has 1 aliphatic heterocycles. The molecule has 1 aliphatic rings. The van der Waals surface area contributed by atoms with E-state index in [-0.39, 0.29) is 24.1 Å². The molecule has 1 aromatic heterocycles. The number of hydrogen-bond acceptors (Lipinski definition) is 5. The lowest BCUT2D eigenvalue weighted by atomic mass is 10.1. The van der Waals surface area contributed by atoms with E-state index >= 15 is 0 Å². The Labute approximate surface area is 158 Å². The van der Waals surface area contributed by atoms with E-state index in [0.29, 0.717) is 12.4 Å². The predicted molar refractivity (Wildman–Crippen MR) is 100 cm³/mol. The fraction of sp³-hybridized carbons (Fsp3) is 0.737. The third-order valence-corrected chi connectivity index (χ3v) is 4.75. The molecule has 6 heteroatoms. The van der Waals surface area contributed by atoms with Gasteiger partial charge in [0.05, 0.1) is 6.61 Å². The van der Waals surface area contributed by atoms with Gasteiger partial charge in [-0.2, -0.15) is 0 Å². The number of alkyl halides is 1. The Morgan fingerprint density at radius 1 is 1.12 bits per heavy atom. The summed E-state index contributed by atoms with van der Waals surface area (Å²) in [5.74, 6) is 0.773. The normalized spacial score (nSPS) is 17.6. The van der Waals surface area contributed by atoms with Crippen LogP contribution in [0, 0.1) is 0 Å². The van der Waals surface area contributed by atoms with Gasteiger partial charge < -0.3 is 18.6 Å². The molecule has 25 heavy (non-hydrogen) atoms. The first kappa shape index (κ1) is 20.5. The minimum absolute atomic E-state index is 0.160. The van der Waals surface area contributed by atoms with E-state index in [1.807, 2.05) is 0 Å². The largest absolute Gasteiger partial charge is 0.487 e. The zero-order valence-corrected chi connectivity index (χ0v) is 16.4. The van der Waals surface area contributed by atoms with Crippen molar-refractivity contribution in [1.82, 2.24) is 0 Å². The lowest BCUT2D eigenvalue weighted by Gasteiger charge is -2.22. The summed E-state index contributed by atoms with van der Waals surface area (Å²) in [6.07, 6.45) is 11.3. The Kier molecular flexibility index (Phi) is 10.2. The van der Waals surface area contributed by atoms with Crippen LogP contribution >= 0.6 is 15.9 Å². The summed E-state index contributed by atoms with van der Waals surface area (Å²) >= 11 is 3.44. The molecule has 0 spiro atoms. The number of hydrogen-bond donors (Lipinski definition) is 0. The van der Waals surface area contributed by atoms with Gasteiger partial charge in [-0.25, -0.2) is 0 Å². The summed E-state index contributed by atoms with van der Waals surface area (Å²) in [5, 5.41) is 1.08. The van der Waals surface area contributed by atoms with E-state index in [1.165, 1.54) is 38.0 Å². The van der Waals surface area contributed by atoms with Crippen LogP contribution in [0.4, 0.5) is 0 Å². The molecule has 1 fully saturated rings. The summed E-state index contributed by atoms with van der Waals surface area (Å²) < 4.78 is 22.1. The van der Waals surface area contributed by atoms with Crippen molar-refractivity contribution < 1.29 is 18.6 Å². The van der Waals surface area contributed by atoms with Gasteiger partial charge in [-0.05, 0) is 32.1 Å². The molecule has 1 unspecified atom stereocenters. The van der Waals surface area contributed by atoms with Gasteiger partial charge in [-0.15, -0.1) is 0 Å². The number of halogens is 1. The molecule has 1 saturated heterocycles. The van der Waals surface area contributed by atoms with Crippen LogP contribution in [0.25, 0.3) is 0 Å². The molecule has 2 rings (SSSR count). The Morgan fingerprint density at radius 3 is 2.64 bits per heavy atom. The lowest BCUT2D eigenvalue weighted by Crippen LogP contribution is -2.22. The Bertz CT molecular complexity index is 525. The van der Waals surface area contributed by atoms with Crippen LogP contribution in [0.15, 0.2) is 21.5 Å². The molecule has 5 nitrogen and oxygen atoms in total. The fourth-order valence-electron chi connectivity index (χ4n) is 2.72. The highest BCUT2D eigenvalue weighted by molar-refractivity contribution is 9.09. The Morgan fingerprint density at radius 2 is 1.92 bits per heavy atom. The molecular formula is C19H29BrO5. The average molecular weight is 417 g/mol. The van der Waals surface area contributed by atoms with Crippen LogP contribution in [0.2, 0.25) is 0 Å². The molecule has 0 aliphatic carbocycles. The second kappa shape index (κ2) is 12.5. The van der Waals surface area contributed by atoms with Crippen LogP contribution < -0.4 is 10.2 Å². The molecule has 0 bridgehead atoms. The van der Waals surface area contributed by atoms with Gasteiger partial charge in [-0.1, -0.05) is 41.6 Å². The monoisotopic (exact) mass is 416 g/mol. The van der Waals surface area contributed by atoms with Crippen LogP contribution in [-0.4, -0.2) is 24.8 Å². The molecule has 0 radical (unpaired) electrons. The highest BCUT2D eigenvalue weighted by Crippen LogP contribution is 2.16.